The van der Waals surface area contributed by atoms with Crippen molar-refractivity contribution >= 4 is 16.1 Å². The SMILES string of the molecule is CC(C)[C@@H](N)C(=O)OC(c1ccccc1)c1ccccc1.Cc1ccc(S(=O)(=O)O)cc1. The second-order valence-corrected chi connectivity index (χ2v) is 9.12. The van der Waals surface area contributed by atoms with E-state index in [-0.39, 0.29) is 16.8 Å². The number of hydrogen-bond donors (Lipinski definition) is 2. The number of nitrogens with two attached hydrogens (primary N) is 1. The average Bonchev–Trinajstić information content (AvgIpc) is 2.78. The first-order valence-electron chi connectivity index (χ1n) is 10.2. The Morgan fingerprint density at radius 2 is 1.28 bits per heavy atom. The highest BCUT2D eigenvalue weighted by Crippen LogP contribution is 2.26. The first-order valence-corrected chi connectivity index (χ1v) is 11.6. The molecule has 0 saturated carbocycles. The van der Waals surface area contributed by atoms with Gasteiger partial charge in [-0.3, -0.25) is 9.35 Å². The first-order chi connectivity index (χ1) is 15.1. The molecule has 0 bridgehead atoms. The van der Waals surface area contributed by atoms with Crippen LogP contribution in [0, 0.1) is 12.8 Å². The lowest BCUT2D eigenvalue weighted by atomic mass is 10.0. The van der Waals surface area contributed by atoms with Gasteiger partial charge in [-0.15, -0.1) is 0 Å². The first kappa shape index (κ1) is 25.3. The van der Waals surface area contributed by atoms with Crippen LogP contribution in [0.3, 0.4) is 0 Å². The number of aryl methyl sites for hydroxylation is 1. The van der Waals surface area contributed by atoms with Gasteiger partial charge in [0.1, 0.15) is 6.04 Å². The Balaban J connectivity index is 0.000000278. The number of esters is 1. The molecule has 0 aliphatic heterocycles. The molecule has 0 amide bonds. The molecule has 0 aliphatic carbocycles. The number of hydrogen-bond acceptors (Lipinski definition) is 5. The molecule has 3 rings (SSSR count). The predicted molar refractivity (Wildman–Crippen MR) is 125 cm³/mol. The van der Waals surface area contributed by atoms with Gasteiger partial charge in [0.2, 0.25) is 0 Å². The van der Waals surface area contributed by atoms with Crippen molar-refractivity contribution < 1.29 is 22.5 Å². The minimum Gasteiger partial charge on any atom is -0.451 e. The van der Waals surface area contributed by atoms with E-state index in [1.165, 1.54) is 12.1 Å². The van der Waals surface area contributed by atoms with E-state index in [4.69, 9.17) is 15.0 Å². The molecule has 32 heavy (non-hydrogen) atoms. The third kappa shape index (κ3) is 7.60. The smallest absolute Gasteiger partial charge is 0.324 e. The molecule has 0 heterocycles. The highest BCUT2D eigenvalue weighted by molar-refractivity contribution is 7.85. The van der Waals surface area contributed by atoms with E-state index >= 15 is 0 Å². The van der Waals surface area contributed by atoms with Crippen LogP contribution >= 0.6 is 0 Å². The normalized spacial score (nSPS) is 12.1. The molecule has 3 aromatic rings. The minimum atomic E-state index is -4.02. The molecule has 0 radical (unpaired) electrons. The Morgan fingerprint density at radius 3 is 1.66 bits per heavy atom. The number of rotatable bonds is 6. The molecule has 3 N–H and O–H groups in total. The van der Waals surface area contributed by atoms with Crippen LogP contribution in [0.5, 0.6) is 0 Å². The summed E-state index contributed by atoms with van der Waals surface area (Å²) in [6.07, 6.45) is -0.426. The lowest BCUT2D eigenvalue weighted by Gasteiger charge is -2.22. The number of ether oxygens (including phenoxy) is 1. The minimum absolute atomic E-state index is 0.0460. The van der Waals surface area contributed by atoms with E-state index in [0.29, 0.717) is 0 Å². The van der Waals surface area contributed by atoms with Gasteiger partial charge in [-0.05, 0) is 36.1 Å². The van der Waals surface area contributed by atoms with Crippen LogP contribution in [0.15, 0.2) is 89.8 Å². The van der Waals surface area contributed by atoms with E-state index in [2.05, 4.69) is 0 Å². The van der Waals surface area contributed by atoms with Gasteiger partial charge in [0.05, 0.1) is 4.90 Å². The van der Waals surface area contributed by atoms with E-state index in [1.54, 1.807) is 12.1 Å². The van der Waals surface area contributed by atoms with E-state index in [9.17, 15) is 13.2 Å². The maximum Gasteiger partial charge on any atom is 0.324 e. The summed E-state index contributed by atoms with van der Waals surface area (Å²) in [5.41, 5.74) is 8.72. The summed E-state index contributed by atoms with van der Waals surface area (Å²) in [7, 11) is -4.02. The molecular weight excluding hydrogens is 426 g/mol. The molecule has 0 spiro atoms. The largest absolute Gasteiger partial charge is 0.451 e. The Hall–Kier alpha value is -3.00. The number of carbonyl (C=O) groups is 1. The van der Waals surface area contributed by atoms with Crippen LogP contribution in [0.4, 0.5) is 0 Å². The zero-order valence-electron chi connectivity index (χ0n) is 18.4. The fourth-order valence-corrected chi connectivity index (χ4v) is 3.24. The van der Waals surface area contributed by atoms with Crippen molar-refractivity contribution in [1.82, 2.24) is 0 Å². The molecule has 1 atom stereocenters. The Morgan fingerprint density at radius 1 is 0.844 bits per heavy atom. The molecule has 3 aromatic carbocycles. The molecule has 7 heteroatoms. The molecule has 0 fully saturated rings. The maximum absolute atomic E-state index is 12.2. The van der Waals surface area contributed by atoms with Crippen molar-refractivity contribution in [3.05, 3.63) is 102 Å². The van der Waals surface area contributed by atoms with Crippen molar-refractivity contribution in [2.45, 2.75) is 37.8 Å². The summed E-state index contributed by atoms with van der Waals surface area (Å²) in [6.45, 7) is 5.66. The van der Waals surface area contributed by atoms with Gasteiger partial charge in [-0.25, -0.2) is 0 Å². The van der Waals surface area contributed by atoms with Crippen molar-refractivity contribution in [3.63, 3.8) is 0 Å². The zero-order chi connectivity index (χ0) is 23.7. The standard InChI is InChI=1S/C18H21NO2.C7H8O3S/c1-13(2)16(19)18(20)21-17(14-9-5-3-6-10-14)15-11-7-4-8-12-15;1-6-2-4-7(5-3-6)11(8,9)10/h3-13,16-17H,19H2,1-2H3;2-5H,1H3,(H,8,9,10)/t16-;/m1./s1. The topological polar surface area (TPSA) is 107 Å². The van der Waals surface area contributed by atoms with Crippen molar-refractivity contribution in [3.8, 4) is 0 Å². The summed E-state index contributed by atoms with van der Waals surface area (Å²) in [6, 6.07) is 24.8. The summed E-state index contributed by atoms with van der Waals surface area (Å²) < 4.78 is 35.2. The van der Waals surface area contributed by atoms with Crippen LogP contribution in [0.25, 0.3) is 0 Å². The van der Waals surface area contributed by atoms with Crippen molar-refractivity contribution in [2.75, 3.05) is 0 Å². The van der Waals surface area contributed by atoms with E-state index in [0.717, 1.165) is 16.7 Å². The third-order valence-electron chi connectivity index (χ3n) is 4.75. The zero-order valence-corrected chi connectivity index (χ0v) is 19.2. The summed E-state index contributed by atoms with van der Waals surface area (Å²) >= 11 is 0. The fourth-order valence-electron chi connectivity index (χ4n) is 2.76. The number of benzene rings is 3. The molecule has 0 saturated heterocycles. The number of carbonyl (C=O) groups excluding carboxylic acids is 1. The van der Waals surface area contributed by atoms with Gasteiger partial charge in [0.15, 0.2) is 6.10 Å². The van der Waals surface area contributed by atoms with Crippen LogP contribution in [-0.4, -0.2) is 25.0 Å². The van der Waals surface area contributed by atoms with Crippen LogP contribution < -0.4 is 5.73 Å². The molecule has 0 unspecified atom stereocenters. The van der Waals surface area contributed by atoms with Gasteiger partial charge in [-0.1, -0.05) is 92.2 Å². The van der Waals surface area contributed by atoms with Crippen LogP contribution in [0.1, 0.15) is 36.6 Å². The lowest BCUT2D eigenvalue weighted by Crippen LogP contribution is -2.37. The Labute approximate surface area is 189 Å². The molecule has 0 aliphatic rings. The van der Waals surface area contributed by atoms with E-state index < -0.39 is 22.3 Å². The highest BCUT2D eigenvalue weighted by Gasteiger charge is 2.24. The molecule has 170 valence electrons. The summed E-state index contributed by atoms with van der Waals surface area (Å²) in [5, 5.41) is 0. The fraction of sp³-hybridized carbons (Fsp3) is 0.240. The molecule has 0 aromatic heterocycles. The summed E-state index contributed by atoms with van der Waals surface area (Å²) in [4.78, 5) is 12.1. The van der Waals surface area contributed by atoms with Gasteiger partial charge in [-0.2, -0.15) is 8.42 Å². The van der Waals surface area contributed by atoms with Crippen LogP contribution in [-0.2, 0) is 19.6 Å². The van der Waals surface area contributed by atoms with E-state index in [1.807, 2.05) is 81.4 Å². The maximum atomic E-state index is 12.2. The second kappa shape index (κ2) is 11.6. The Kier molecular flexibility index (Phi) is 9.13. The van der Waals surface area contributed by atoms with Crippen molar-refractivity contribution in [2.24, 2.45) is 11.7 Å². The monoisotopic (exact) mass is 455 g/mol. The highest BCUT2D eigenvalue weighted by atomic mass is 32.2. The Bertz CT molecular complexity index is 1040. The molecular formula is C25H29NO5S. The van der Waals surface area contributed by atoms with Gasteiger partial charge < -0.3 is 10.5 Å². The van der Waals surface area contributed by atoms with Crippen LogP contribution in [0.2, 0.25) is 0 Å². The van der Waals surface area contributed by atoms with Gasteiger partial charge in [0, 0.05) is 0 Å². The second-order valence-electron chi connectivity index (χ2n) is 7.70. The molecule has 6 nitrogen and oxygen atoms in total. The van der Waals surface area contributed by atoms with Gasteiger partial charge in [0.25, 0.3) is 10.1 Å². The lowest BCUT2D eigenvalue weighted by molar-refractivity contribution is -0.150. The quantitative estimate of drug-likeness (QED) is 0.417. The summed E-state index contributed by atoms with van der Waals surface area (Å²) in [5.74, 6) is -0.326. The van der Waals surface area contributed by atoms with Gasteiger partial charge >= 0.3 is 5.97 Å². The van der Waals surface area contributed by atoms with Crippen molar-refractivity contribution in [1.29, 1.82) is 0 Å². The third-order valence-corrected chi connectivity index (χ3v) is 5.62. The predicted octanol–water partition coefficient (Wildman–Crippen LogP) is 4.54. The average molecular weight is 456 g/mol.